The van der Waals surface area contributed by atoms with Crippen molar-refractivity contribution in [2.24, 2.45) is 0 Å². The van der Waals surface area contributed by atoms with Crippen molar-refractivity contribution >= 4 is 23.2 Å². The third-order valence-corrected chi connectivity index (χ3v) is 4.90. The third-order valence-electron chi connectivity index (χ3n) is 4.68. The standard InChI is InChI=1S/C17H18ClN5O.C3H4N2.C2H6/c1-24-16-9-13(20-17(21-16)22-7-3-2-4-8-22)14-10-19-15-6-5-12(18)11-23(14)15;1-2-4-5-3-1;1-2/h5-6,9-11H,2-4,7-8H2,1H3;1-3H,(H,4,5);1-2H3. The van der Waals surface area contributed by atoms with Crippen molar-refractivity contribution in [1.29, 1.82) is 0 Å². The second kappa shape index (κ2) is 11.3. The Morgan fingerprint density at radius 1 is 1.10 bits per heavy atom. The van der Waals surface area contributed by atoms with Gasteiger partial charge in [-0.1, -0.05) is 25.4 Å². The summed E-state index contributed by atoms with van der Waals surface area (Å²) in [6.07, 6.45) is 10.7. The second-order valence-electron chi connectivity index (χ2n) is 6.63. The zero-order valence-corrected chi connectivity index (χ0v) is 18.9. The van der Waals surface area contributed by atoms with Crippen LogP contribution in [0.4, 0.5) is 5.95 Å². The number of hydrogen-bond acceptors (Lipinski definition) is 6. The smallest absolute Gasteiger partial charge is 0.229 e. The highest BCUT2D eigenvalue weighted by Crippen LogP contribution is 2.27. The molecule has 0 amide bonds. The highest BCUT2D eigenvalue weighted by Gasteiger charge is 2.17. The van der Waals surface area contributed by atoms with E-state index in [1.54, 1.807) is 25.7 Å². The van der Waals surface area contributed by atoms with E-state index in [-0.39, 0.29) is 0 Å². The minimum Gasteiger partial charge on any atom is -0.481 e. The van der Waals surface area contributed by atoms with Crippen molar-refractivity contribution in [1.82, 2.24) is 29.5 Å². The minimum absolute atomic E-state index is 0.553. The van der Waals surface area contributed by atoms with Crippen LogP contribution in [0.2, 0.25) is 5.02 Å². The Morgan fingerprint density at radius 2 is 1.90 bits per heavy atom. The van der Waals surface area contributed by atoms with Gasteiger partial charge in [0.05, 0.1) is 29.7 Å². The summed E-state index contributed by atoms with van der Waals surface area (Å²) in [4.78, 5) is 15.9. The third kappa shape index (κ3) is 5.73. The van der Waals surface area contributed by atoms with Crippen LogP contribution in [0.1, 0.15) is 33.1 Å². The van der Waals surface area contributed by atoms with Gasteiger partial charge in [-0.05, 0) is 37.5 Å². The van der Waals surface area contributed by atoms with E-state index in [1.165, 1.54) is 19.3 Å². The van der Waals surface area contributed by atoms with Crippen LogP contribution >= 0.6 is 11.6 Å². The summed E-state index contributed by atoms with van der Waals surface area (Å²) in [7, 11) is 1.62. The van der Waals surface area contributed by atoms with Gasteiger partial charge < -0.3 is 9.64 Å². The molecule has 0 aromatic carbocycles. The van der Waals surface area contributed by atoms with Crippen molar-refractivity contribution in [2.45, 2.75) is 33.1 Å². The van der Waals surface area contributed by atoms with Crippen LogP contribution in [0, 0.1) is 0 Å². The fourth-order valence-electron chi connectivity index (χ4n) is 3.24. The maximum absolute atomic E-state index is 6.13. The van der Waals surface area contributed by atoms with E-state index in [2.05, 4.69) is 25.1 Å². The van der Waals surface area contributed by atoms with Gasteiger partial charge in [0.25, 0.3) is 0 Å². The van der Waals surface area contributed by atoms with Gasteiger partial charge in [0.1, 0.15) is 5.65 Å². The van der Waals surface area contributed by atoms with E-state index in [0.717, 1.165) is 30.1 Å². The molecule has 8 nitrogen and oxygen atoms in total. The van der Waals surface area contributed by atoms with Crippen LogP contribution in [0.25, 0.3) is 17.0 Å². The number of rotatable bonds is 3. The van der Waals surface area contributed by atoms with Gasteiger partial charge in [-0.25, -0.2) is 9.97 Å². The second-order valence-corrected chi connectivity index (χ2v) is 7.07. The Balaban J connectivity index is 0.000000337. The SMILES string of the molecule is CC.COc1cc(-c2cnc3ccc(Cl)cn23)nc(N2CCCCC2)n1.c1cn[nH]c1. The van der Waals surface area contributed by atoms with Crippen molar-refractivity contribution in [3.05, 3.63) is 54.1 Å². The van der Waals surface area contributed by atoms with E-state index in [4.69, 9.17) is 21.3 Å². The van der Waals surface area contributed by atoms with Crippen molar-refractivity contribution in [3.8, 4) is 17.3 Å². The molecule has 0 radical (unpaired) electrons. The summed E-state index contributed by atoms with van der Waals surface area (Å²) in [5.41, 5.74) is 2.47. The number of aromatic nitrogens is 6. The highest BCUT2D eigenvalue weighted by molar-refractivity contribution is 6.30. The zero-order valence-electron chi connectivity index (χ0n) is 18.1. The van der Waals surface area contributed by atoms with Crippen LogP contribution in [0.3, 0.4) is 0 Å². The average Bonchev–Trinajstić information content (AvgIpc) is 3.54. The van der Waals surface area contributed by atoms with Crippen molar-refractivity contribution < 1.29 is 4.74 Å². The van der Waals surface area contributed by atoms with Crippen LogP contribution in [0.15, 0.2) is 49.1 Å². The average molecular weight is 442 g/mol. The lowest BCUT2D eigenvalue weighted by Gasteiger charge is -2.27. The Kier molecular flexibility index (Phi) is 8.23. The first-order valence-electron chi connectivity index (χ1n) is 10.5. The molecule has 5 heterocycles. The molecule has 9 heteroatoms. The zero-order chi connectivity index (χ0) is 22.1. The molecule has 31 heavy (non-hydrogen) atoms. The van der Waals surface area contributed by atoms with Gasteiger partial charge in [-0.3, -0.25) is 9.50 Å². The van der Waals surface area contributed by atoms with Gasteiger partial charge in [0, 0.05) is 37.7 Å². The molecule has 1 N–H and O–H groups in total. The number of ether oxygens (including phenoxy) is 1. The molecule has 0 aliphatic carbocycles. The minimum atomic E-state index is 0.553. The number of methoxy groups -OCH3 is 1. The Bertz CT molecular complexity index is 1040. The van der Waals surface area contributed by atoms with E-state index in [9.17, 15) is 0 Å². The molecule has 5 rings (SSSR count). The lowest BCUT2D eigenvalue weighted by atomic mass is 10.1. The maximum atomic E-state index is 6.13. The number of H-pyrrole nitrogens is 1. The van der Waals surface area contributed by atoms with Crippen LogP contribution in [-0.2, 0) is 0 Å². The van der Waals surface area contributed by atoms with Gasteiger partial charge in [-0.2, -0.15) is 10.1 Å². The van der Waals surface area contributed by atoms with Crippen LogP contribution in [-0.4, -0.2) is 49.7 Å². The first-order valence-corrected chi connectivity index (χ1v) is 10.9. The molecule has 4 aromatic rings. The Labute approximate surface area is 187 Å². The molecule has 0 saturated carbocycles. The first-order chi connectivity index (χ1) is 15.2. The number of nitrogens with zero attached hydrogens (tertiary/aromatic N) is 6. The fourth-order valence-corrected chi connectivity index (χ4v) is 3.40. The topological polar surface area (TPSA) is 84.2 Å². The fraction of sp³-hybridized carbons (Fsp3) is 0.364. The highest BCUT2D eigenvalue weighted by atomic mass is 35.5. The molecular weight excluding hydrogens is 414 g/mol. The van der Waals surface area contributed by atoms with Crippen molar-refractivity contribution in [2.75, 3.05) is 25.1 Å². The number of anilines is 1. The number of hydrogen-bond donors (Lipinski definition) is 1. The predicted molar refractivity (Wildman–Crippen MR) is 124 cm³/mol. The first kappa shape index (κ1) is 22.6. The molecular formula is C22H28ClN7O. The summed E-state index contributed by atoms with van der Waals surface area (Å²) in [6, 6.07) is 7.38. The molecule has 0 atom stereocenters. The molecule has 0 bridgehead atoms. The molecule has 1 aliphatic heterocycles. The molecule has 4 aromatic heterocycles. The van der Waals surface area contributed by atoms with Gasteiger partial charge in [0.15, 0.2) is 0 Å². The number of piperidine rings is 1. The largest absolute Gasteiger partial charge is 0.481 e. The number of halogens is 1. The lowest BCUT2D eigenvalue weighted by molar-refractivity contribution is 0.396. The molecule has 1 fully saturated rings. The van der Waals surface area contributed by atoms with Gasteiger partial charge in [0.2, 0.25) is 11.8 Å². The summed E-state index contributed by atoms with van der Waals surface area (Å²) < 4.78 is 7.32. The van der Waals surface area contributed by atoms with Gasteiger partial charge >= 0.3 is 0 Å². The summed E-state index contributed by atoms with van der Waals surface area (Å²) >= 11 is 6.13. The van der Waals surface area contributed by atoms with E-state index < -0.39 is 0 Å². The maximum Gasteiger partial charge on any atom is 0.229 e. The lowest BCUT2D eigenvalue weighted by Crippen LogP contribution is -2.31. The normalized spacial score (nSPS) is 13.1. The number of imidazole rings is 1. The van der Waals surface area contributed by atoms with Crippen LogP contribution < -0.4 is 9.64 Å². The van der Waals surface area contributed by atoms with Crippen molar-refractivity contribution in [3.63, 3.8) is 0 Å². The number of nitrogens with one attached hydrogen (secondary N) is 1. The number of fused-ring (bicyclic) bond motifs is 1. The van der Waals surface area contributed by atoms with Crippen LogP contribution in [0.5, 0.6) is 5.88 Å². The number of aromatic amines is 1. The van der Waals surface area contributed by atoms with E-state index in [1.807, 2.05) is 48.7 Å². The molecule has 164 valence electrons. The summed E-state index contributed by atoms with van der Waals surface area (Å²) in [5.74, 6) is 1.26. The molecule has 1 aliphatic rings. The monoisotopic (exact) mass is 441 g/mol. The molecule has 0 spiro atoms. The van der Waals surface area contributed by atoms with E-state index >= 15 is 0 Å². The molecule has 1 saturated heterocycles. The predicted octanol–water partition coefficient (Wildman–Crippen LogP) is 4.88. The Morgan fingerprint density at radius 3 is 2.55 bits per heavy atom. The number of pyridine rings is 1. The summed E-state index contributed by atoms with van der Waals surface area (Å²) in [5, 5.41) is 6.86. The van der Waals surface area contributed by atoms with E-state index in [0.29, 0.717) is 16.9 Å². The van der Waals surface area contributed by atoms with Gasteiger partial charge in [-0.15, -0.1) is 0 Å². The quantitative estimate of drug-likeness (QED) is 0.487. The molecule has 0 unspecified atom stereocenters. The Hall–Kier alpha value is -3.13. The summed E-state index contributed by atoms with van der Waals surface area (Å²) in [6.45, 7) is 5.96.